The molecular weight excluding hydrogens is 256 g/mol. The van der Waals surface area contributed by atoms with Gasteiger partial charge >= 0.3 is 6.03 Å². The number of nitrogens with one attached hydrogen (secondary N) is 1. The van der Waals surface area contributed by atoms with Crippen LogP contribution in [0.1, 0.15) is 6.92 Å². The second-order valence-electron chi connectivity index (χ2n) is 4.40. The Morgan fingerprint density at radius 2 is 1.80 bits per heavy atom. The molecule has 0 spiro atoms. The van der Waals surface area contributed by atoms with Gasteiger partial charge in [-0.25, -0.2) is 4.79 Å². The molecule has 0 fully saturated rings. The minimum absolute atomic E-state index is 0.0536. The fraction of sp³-hybridized carbons (Fsp3) is 0.0714. The van der Waals surface area contributed by atoms with Crippen LogP contribution in [0.15, 0.2) is 47.7 Å². The first-order valence-electron chi connectivity index (χ1n) is 5.88. The summed E-state index contributed by atoms with van der Waals surface area (Å²) in [4.78, 5) is 24.7. The maximum atomic E-state index is 12.0. The standard InChI is InChI=1S/C14H14N4O2/c1-8-6-13(19)12(7-11(8)16)18(14(17)20)10-4-2-9(15)3-5-10/h2-7,16H,15H2,1H3,(H2,17,20). The highest BCUT2D eigenvalue weighted by atomic mass is 16.2. The second-order valence-corrected chi connectivity index (χ2v) is 4.40. The van der Waals surface area contributed by atoms with Crippen LogP contribution >= 0.6 is 0 Å². The summed E-state index contributed by atoms with van der Waals surface area (Å²) in [5.41, 5.74) is 12.7. The number of hydrogen-bond acceptors (Lipinski definition) is 4. The van der Waals surface area contributed by atoms with E-state index in [2.05, 4.69) is 0 Å². The van der Waals surface area contributed by atoms with E-state index >= 15 is 0 Å². The van der Waals surface area contributed by atoms with Gasteiger partial charge in [-0.1, -0.05) is 0 Å². The van der Waals surface area contributed by atoms with Gasteiger partial charge < -0.3 is 16.9 Å². The first-order chi connectivity index (χ1) is 9.40. The van der Waals surface area contributed by atoms with E-state index in [1.54, 1.807) is 31.2 Å². The van der Waals surface area contributed by atoms with E-state index in [4.69, 9.17) is 16.9 Å². The van der Waals surface area contributed by atoms with Crippen LogP contribution in [0.2, 0.25) is 0 Å². The summed E-state index contributed by atoms with van der Waals surface area (Å²) in [6, 6.07) is 5.58. The van der Waals surface area contributed by atoms with Gasteiger partial charge in [0.2, 0.25) is 5.78 Å². The molecule has 0 aliphatic heterocycles. The number of primary amides is 1. The monoisotopic (exact) mass is 270 g/mol. The number of allylic oxidation sites excluding steroid dienone is 3. The summed E-state index contributed by atoms with van der Waals surface area (Å²) in [6.45, 7) is 1.66. The average molecular weight is 270 g/mol. The molecule has 0 saturated heterocycles. The fourth-order valence-electron chi connectivity index (χ4n) is 1.85. The molecule has 0 atom stereocenters. The number of anilines is 2. The van der Waals surface area contributed by atoms with Gasteiger partial charge in [0.05, 0.1) is 11.4 Å². The van der Waals surface area contributed by atoms with Crippen LogP contribution in [0.25, 0.3) is 0 Å². The van der Waals surface area contributed by atoms with Gasteiger partial charge in [-0.3, -0.25) is 9.69 Å². The van der Waals surface area contributed by atoms with Crippen molar-refractivity contribution in [3.63, 3.8) is 0 Å². The largest absolute Gasteiger partial charge is 0.399 e. The van der Waals surface area contributed by atoms with Crippen molar-refractivity contribution in [2.75, 3.05) is 10.6 Å². The van der Waals surface area contributed by atoms with Crippen molar-refractivity contribution in [1.82, 2.24) is 0 Å². The van der Waals surface area contributed by atoms with Crippen molar-refractivity contribution >= 4 is 28.9 Å². The first-order valence-corrected chi connectivity index (χ1v) is 5.88. The Morgan fingerprint density at radius 1 is 1.20 bits per heavy atom. The number of nitrogens with two attached hydrogens (primary N) is 2. The van der Waals surface area contributed by atoms with Gasteiger partial charge in [0, 0.05) is 5.69 Å². The molecule has 6 heteroatoms. The zero-order valence-corrected chi connectivity index (χ0v) is 10.9. The lowest BCUT2D eigenvalue weighted by molar-refractivity contribution is -0.111. The molecule has 0 unspecified atom stereocenters. The number of nitrogen functional groups attached to an aromatic ring is 1. The molecule has 0 aromatic heterocycles. The maximum Gasteiger partial charge on any atom is 0.324 e. The third-order valence-electron chi connectivity index (χ3n) is 2.92. The maximum absolute atomic E-state index is 12.0. The molecule has 0 heterocycles. The Balaban J connectivity index is 2.48. The molecule has 2 amide bonds. The Kier molecular flexibility index (Phi) is 3.39. The molecule has 0 bridgehead atoms. The molecule has 6 nitrogen and oxygen atoms in total. The summed E-state index contributed by atoms with van der Waals surface area (Å²) < 4.78 is 0. The van der Waals surface area contributed by atoms with Gasteiger partial charge in [0.1, 0.15) is 5.70 Å². The summed E-state index contributed by atoms with van der Waals surface area (Å²) >= 11 is 0. The van der Waals surface area contributed by atoms with E-state index in [0.29, 0.717) is 16.9 Å². The highest BCUT2D eigenvalue weighted by Gasteiger charge is 2.25. The van der Waals surface area contributed by atoms with Crippen molar-refractivity contribution in [3.8, 4) is 0 Å². The highest BCUT2D eigenvalue weighted by Crippen LogP contribution is 2.24. The van der Waals surface area contributed by atoms with Crippen LogP contribution in [0.5, 0.6) is 0 Å². The lowest BCUT2D eigenvalue weighted by Gasteiger charge is -2.24. The Hall–Kier alpha value is -2.89. The Labute approximate surface area is 115 Å². The lowest BCUT2D eigenvalue weighted by atomic mass is 10.0. The molecule has 20 heavy (non-hydrogen) atoms. The third kappa shape index (κ3) is 2.44. The molecule has 1 aromatic carbocycles. The van der Waals surface area contributed by atoms with Crippen molar-refractivity contribution in [1.29, 1.82) is 5.41 Å². The first kappa shape index (κ1) is 13.5. The van der Waals surface area contributed by atoms with Crippen molar-refractivity contribution in [2.45, 2.75) is 6.92 Å². The van der Waals surface area contributed by atoms with Gasteiger partial charge in [-0.05, 0) is 48.9 Å². The van der Waals surface area contributed by atoms with E-state index in [1.165, 1.54) is 12.2 Å². The molecule has 1 aromatic rings. The van der Waals surface area contributed by atoms with Crippen LogP contribution in [0.4, 0.5) is 16.2 Å². The number of nitrogens with zero attached hydrogens (tertiary/aromatic N) is 1. The summed E-state index contributed by atoms with van der Waals surface area (Å²) in [5.74, 6) is -0.367. The van der Waals surface area contributed by atoms with Gasteiger partial charge in [-0.15, -0.1) is 0 Å². The predicted molar refractivity (Wildman–Crippen MR) is 77.5 cm³/mol. The normalized spacial score (nSPS) is 14.7. The second kappa shape index (κ2) is 5.00. The van der Waals surface area contributed by atoms with Gasteiger partial charge in [0.15, 0.2) is 0 Å². The number of carbonyl (C=O) groups is 2. The summed E-state index contributed by atoms with van der Waals surface area (Å²) in [6.07, 6.45) is 2.64. The van der Waals surface area contributed by atoms with Crippen molar-refractivity contribution in [2.24, 2.45) is 5.73 Å². The van der Waals surface area contributed by atoms with E-state index in [1.807, 2.05) is 0 Å². The van der Waals surface area contributed by atoms with E-state index in [0.717, 1.165) is 4.90 Å². The minimum Gasteiger partial charge on any atom is -0.399 e. The predicted octanol–water partition coefficient (Wildman–Crippen LogP) is 1.59. The molecule has 0 saturated carbocycles. The molecular formula is C14H14N4O2. The fourth-order valence-corrected chi connectivity index (χ4v) is 1.85. The number of hydrogen-bond donors (Lipinski definition) is 3. The lowest BCUT2D eigenvalue weighted by Crippen LogP contribution is -2.38. The van der Waals surface area contributed by atoms with Crippen molar-refractivity contribution < 1.29 is 9.59 Å². The molecule has 0 radical (unpaired) electrons. The number of benzene rings is 1. The number of urea groups is 1. The SMILES string of the molecule is CC1=CC(=O)C(N(C(N)=O)c2ccc(N)cc2)=CC1=N. The molecule has 2 rings (SSSR count). The highest BCUT2D eigenvalue weighted by molar-refractivity contribution is 6.24. The quantitative estimate of drug-likeness (QED) is 0.560. The van der Waals surface area contributed by atoms with Crippen LogP contribution in [0, 0.1) is 5.41 Å². The Bertz CT molecular complexity index is 656. The van der Waals surface area contributed by atoms with E-state index in [-0.39, 0.29) is 17.2 Å². The minimum atomic E-state index is -0.796. The molecule has 1 aliphatic carbocycles. The average Bonchev–Trinajstić information content (AvgIpc) is 2.38. The summed E-state index contributed by atoms with van der Waals surface area (Å²) in [5, 5.41) is 7.75. The zero-order valence-electron chi connectivity index (χ0n) is 10.9. The van der Waals surface area contributed by atoms with E-state index < -0.39 is 6.03 Å². The summed E-state index contributed by atoms with van der Waals surface area (Å²) in [7, 11) is 0. The van der Waals surface area contributed by atoms with Crippen LogP contribution in [-0.4, -0.2) is 17.5 Å². The zero-order chi connectivity index (χ0) is 14.9. The third-order valence-corrected chi connectivity index (χ3v) is 2.92. The van der Waals surface area contributed by atoms with Crippen LogP contribution < -0.4 is 16.4 Å². The molecule has 5 N–H and O–H groups in total. The topological polar surface area (TPSA) is 113 Å². The smallest absolute Gasteiger partial charge is 0.324 e. The number of ketones is 1. The van der Waals surface area contributed by atoms with Crippen molar-refractivity contribution in [3.05, 3.63) is 47.7 Å². The van der Waals surface area contributed by atoms with Gasteiger partial charge in [0.25, 0.3) is 0 Å². The van der Waals surface area contributed by atoms with Gasteiger partial charge in [-0.2, -0.15) is 0 Å². The number of rotatable bonds is 2. The number of amides is 2. The Morgan fingerprint density at radius 3 is 2.35 bits per heavy atom. The van der Waals surface area contributed by atoms with Crippen LogP contribution in [-0.2, 0) is 4.79 Å². The molecule has 1 aliphatic rings. The van der Waals surface area contributed by atoms with E-state index in [9.17, 15) is 9.59 Å². The molecule has 102 valence electrons. The number of carbonyl (C=O) groups excluding carboxylic acids is 2. The van der Waals surface area contributed by atoms with Crippen LogP contribution in [0.3, 0.4) is 0 Å².